The van der Waals surface area contributed by atoms with Gasteiger partial charge in [0.15, 0.2) is 28.0 Å². The van der Waals surface area contributed by atoms with Crippen molar-refractivity contribution in [2.75, 3.05) is 12.3 Å². The van der Waals surface area contributed by atoms with Gasteiger partial charge in [-0.1, -0.05) is 65.9 Å². The van der Waals surface area contributed by atoms with Gasteiger partial charge in [-0.15, -0.1) is 0 Å². The number of nitrogens with one attached hydrogen (secondary N) is 1. The monoisotopic (exact) mass is 644 g/mol. The highest BCUT2D eigenvalue weighted by Gasteiger charge is 2.52. The fourth-order valence-corrected chi connectivity index (χ4v) is 6.12. The highest BCUT2D eigenvalue weighted by atomic mass is 32.1. The topological polar surface area (TPSA) is 165 Å². The SMILES string of the molecule is Nc1nc2c(sc(=S)n2[C@@H]2O[C@H](COC(=O)c3ccccc3)[C@@H](OC(=O)c3ccccc3)[C@H]2OC(=O)c2ccccc2)c(=O)[nH]1. The third-order valence-corrected chi connectivity index (χ3v) is 8.32. The Morgan fingerprint density at radius 3 is 1.91 bits per heavy atom. The third-order valence-electron chi connectivity index (χ3n) is 6.92. The van der Waals surface area contributed by atoms with Crippen LogP contribution in [-0.2, 0) is 18.9 Å². The van der Waals surface area contributed by atoms with E-state index in [1.807, 2.05) is 0 Å². The Kier molecular flexibility index (Phi) is 8.51. The Bertz CT molecular complexity index is 1980. The Labute approximate surface area is 264 Å². The van der Waals surface area contributed by atoms with E-state index in [4.69, 9.17) is 36.9 Å². The number of hydrogen-bond donors (Lipinski definition) is 2. The minimum absolute atomic E-state index is 0.0760. The first-order valence-electron chi connectivity index (χ1n) is 13.6. The van der Waals surface area contributed by atoms with Crippen LogP contribution in [0.5, 0.6) is 0 Å². The van der Waals surface area contributed by atoms with E-state index in [0.717, 1.165) is 11.3 Å². The van der Waals surface area contributed by atoms with E-state index < -0.39 is 48.0 Å². The number of hydrogen-bond acceptors (Lipinski definition) is 12. The van der Waals surface area contributed by atoms with E-state index in [1.165, 1.54) is 4.57 Å². The van der Waals surface area contributed by atoms with Crippen LogP contribution in [0.4, 0.5) is 5.95 Å². The third kappa shape index (κ3) is 6.24. The lowest BCUT2D eigenvalue weighted by Crippen LogP contribution is -2.41. The van der Waals surface area contributed by atoms with E-state index in [2.05, 4.69) is 9.97 Å². The van der Waals surface area contributed by atoms with E-state index in [1.54, 1.807) is 91.0 Å². The van der Waals surface area contributed by atoms with Gasteiger partial charge in [-0.3, -0.25) is 14.3 Å². The molecule has 2 aromatic heterocycles. The molecule has 1 aliphatic heterocycles. The summed E-state index contributed by atoms with van der Waals surface area (Å²) in [5, 5.41) is 0. The number of esters is 3. The summed E-state index contributed by atoms with van der Waals surface area (Å²) in [6, 6.07) is 24.7. The molecule has 0 spiro atoms. The number of benzene rings is 3. The van der Waals surface area contributed by atoms with E-state index in [0.29, 0.717) is 5.56 Å². The molecule has 0 amide bonds. The molecular weight excluding hydrogens is 620 g/mol. The average Bonchev–Trinajstić information content (AvgIpc) is 3.56. The van der Waals surface area contributed by atoms with Gasteiger partial charge < -0.3 is 24.7 Å². The first kappa shape index (κ1) is 29.9. The molecule has 0 unspecified atom stereocenters. The number of anilines is 1. The molecule has 6 rings (SSSR count). The van der Waals surface area contributed by atoms with Gasteiger partial charge in [-0.2, -0.15) is 4.98 Å². The van der Waals surface area contributed by atoms with Gasteiger partial charge >= 0.3 is 17.9 Å². The number of aromatic amines is 1. The van der Waals surface area contributed by atoms with Crippen LogP contribution in [0.1, 0.15) is 37.3 Å². The predicted molar refractivity (Wildman–Crippen MR) is 165 cm³/mol. The van der Waals surface area contributed by atoms with Crippen molar-refractivity contribution < 1.29 is 33.3 Å². The van der Waals surface area contributed by atoms with Crippen molar-refractivity contribution in [3.63, 3.8) is 0 Å². The van der Waals surface area contributed by atoms with Crippen LogP contribution in [0.15, 0.2) is 95.8 Å². The largest absolute Gasteiger partial charge is 0.459 e. The smallest absolute Gasteiger partial charge is 0.338 e. The molecular formula is C31H24N4O8S2. The number of carbonyl (C=O) groups excluding carboxylic acids is 3. The predicted octanol–water partition coefficient (Wildman–Crippen LogP) is 4.30. The highest BCUT2D eigenvalue weighted by Crippen LogP contribution is 2.38. The maximum absolute atomic E-state index is 13.4. The first-order chi connectivity index (χ1) is 21.8. The number of H-pyrrole nitrogens is 1. The maximum Gasteiger partial charge on any atom is 0.338 e. The van der Waals surface area contributed by atoms with Crippen LogP contribution in [0.3, 0.4) is 0 Å². The summed E-state index contributed by atoms with van der Waals surface area (Å²) in [6.07, 6.45) is -5.03. The van der Waals surface area contributed by atoms with Gasteiger partial charge in [0.05, 0.1) is 16.7 Å². The second-order valence-electron chi connectivity index (χ2n) is 9.84. The van der Waals surface area contributed by atoms with Gasteiger partial charge in [0.1, 0.15) is 17.4 Å². The fourth-order valence-electron chi connectivity index (χ4n) is 4.84. The van der Waals surface area contributed by atoms with Crippen LogP contribution in [0.2, 0.25) is 0 Å². The van der Waals surface area contributed by atoms with Gasteiger partial charge in [0.25, 0.3) is 5.56 Å². The summed E-state index contributed by atoms with van der Waals surface area (Å²) in [5.41, 5.74) is 6.15. The number of nitrogens with two attached hydrogens (primary N) is 1. The Morgan fingerprint density at radius 2 is 1.36 bits per heavy atom. The number of fused-ring (bicyclic) bond motifs is 1. The number of nitrogens with zero attached hydrogens (tertiary/aromatic N) is 2. The van der Waals surface area contributed by atoms with Gasteiger partial charge in [-0.25, -0.2) is 14.4 Å². The van der Waals surface area contributed by atoms with E-state index in [9.17, 15) is 19.2 Å². The summed E-state index contributed by atoms with van der Waals surface area (Å²) in [5.74, 6) is -2.30. The van der Waals surface area contributed by atoms with Crippen molar-refractivity contribution in [2.24, 2.45) is 0 Å². The summed E-state index contributed by atoms with van der Waals surface area (Å²) in [7, 11) is 0. The second kappa shape index (κ2) is 12.8. The number of ether oxygens (including phenoxy) is 4. The van der Waals surface area contributed by atoms with Crippen molar-refractivity contribution >= 4 is 57.8 Å². The van der Waals surface area contributed by atoms with E-state index in [-0.39, 0.29) is 38.0 Å². The lowest BCUT2D eigenvalue weighted by Gasteiger charge is -2.25. The molecule has 45 heavy (non-hydrogen) atoms. The van der Waals surface area contributed by atoms with E-state index >= 15 is 0 Å². The standard InChI is InChI=1S/C31H24N4O8S2/c32-30-33-24-23(25(36)34-30)45-31(44)35(24)26-22(43-29(39)19-14-8-3-9-15-19)21(42-28(38)18-12-6-2-7-13-18)20(41-26)16-40-27(37)17-10-4-1-5-11-17/h1-15,20-22,26H,16H2,(H3,32,33,34,36)/t20-,21-,22-,26-/m1/s1. The minimum Gasteiger partial charge on any atom is -0.459 e. The van der Waals surface area contributed by atoms with Gasteiger partial charge in [-0.05, 0) is 48.6 Å². The molecule has 3 aromatic carbocycles. The number of thiazole rings is 1. The summed E-state index contributed by atoms with van der Waals surface area (Å²) < 4.78 is 25.5. The quantitative estimate of drug-likeness (QED) is 0.141. The molecule has 12 nitrogen and oxygen atoms in total. The maximum atomic E-state index is 13.4. The van der Waals surface area contributed by atoms with Crippen LogP contribution >= 0.6 is 23.6 Å². The highest BCUT2D eigenvalue weighted by molar-refractivity contribution is 7.73. The van der Waals surface area contributed by atoms with Gasteiger partial charge in [0.2, 0.25) is 5.95 Å². The number of aromatic nitrogens is 3. The van der Waals surface area contributed by atoms with Crippen LogP contribution in [-0.4, -0.2) is 57.4 Å². The average molecular weight is 645 g/mol. The minimum atomic E-state index is -1.34. The first-order valence-corrected chi connectivity index (χ1v) is 14.8. The van der Waals surface area contributed by atoms with Crippen molar-refractivity contribution in [3.05, 3.63) is 122 Å². The normalized spacial score (nSPS) is 19.2. The molecule has 14 heteroatoms. The Balaban J connectivity index is 1.42. The lowest BCUT2D eigenvalue weighted by atomic mass is 10.1. The molecule has 228 valence electrons. The molecule has 0 saturated carbocycles. The van der Waals surface area contributed by atoms with Crippen LogP contribution in [0, 0.1) is 3.95 Å². The zero-order valence-corrected chi connectivity index (χ0v) is 24.9. The molecule has 5 aromatic rings. The number of carbonyl (C=O) groups is 3. The molecule has 1 fully saturated rings. The van der Waals surface area contributed by atoms with Crippen molar-refractivity contribution in [3.8, 4) is 0 Å². The Hall–Kier alpha value is -5.18. The summed E-state index contributed by atoms with van der Waals surface area (Å²) >= 11 is 6.55. The molecule has 1 saturated heterocycles. The van der Waals surface area contributed by atoms with Crippen LogP contribution in [0.25, 0.3) is 10.3 Å². The summed E-state index contributed by atoms with van der Waals surface area (Å²) in [6.45, 7) is -0.387. The zero-order chi connectivity index (χ0) is 31.5. The lowest BCUT2D eigenvalue weighted by molar-refractivity contribution is -0.0607. The molecule has 0 aliphatic carbocycles. The molecule has 3 N–H and O–H groups in total. The molecule has 1 aliphatic rings. The molecule has 4 atom stereocenters. The van der Waals surface area contributed by atoms with Crippen LogP contribution < -0.4 is 11.3 Å². The van der Waals surface area contributed by atoms with Crippen molar-refractivity contribution in [2.45, 2.75) is 24.5 Å². The molecule has 0 bridgehead atoms. The molecule has 3 heterocycles. The van der Waals surface area contributed by atoms with Gasteiger partial charge in [0, 0.05) is 0 Å². The fraction of sp³-hybridized carbons (Fsp3) is 0.161. The van der Waals surface area contributed by atoms with Crippen molar-refractivity contribution in [1.29, 1.82) is 0 Å². The van der Waals surface area contributed by atoms with Crippen molar-refractivity contribution in [1.82, 2.24) is 14.5 Å². The number of nitrogen functional groups attached to an aromatic ring is 1. The summed E-state index contributed by atoms with van der Waals surface area (Å²) in [4.78, 5) is 59.0. The second-order valence-corrected chi connectivity index (χ2v) is 11.5. The number of rotatable bonds is 8. The molecule has 0 radical (unpaired) electrons. The Morgan fingerprint density at radius 1 is 0.844 bits per heavy atom. The zero-order valence-electron chi connectivity index (χ0n) is 23.2.